The van der Waals surface area contributed by atoms with Crippen LogP contribution in [0.3, 0.4) is 0 Å². The molecule has 3 atom stereocenters. The zero-order chi connectivity index (χ0) is 21.6. The molecule has 3 fully saturated rings. The number of nitrogens with one attached hydrogen (secondary N) is 1. The maximum Gasteiger partial charge on any atom is 0.258 e. The number of carbonyl (C=O) groups is 3. The van der Waals surface area contributed by atoms with E-state index in [2.05, 4.69) is 10.2 Å². The summed E-state index contributed by atoms with van der Waals surface area (Å²) in [5.74, 6) is -0.289. The fourth-order valence-electron chi connectivity index (χ4n) is 6.06. The molecular formula is C24H32N4O3. The zero-order valence-corrected chi connectivity index (χ0v) is 18.3. The lowest BCUT2D eigenvalue weighted by atomic mass is 9.98. The van der Waals surface area contributed by atoms with Gasteiger partial charge in [0, 0.05) is 18.5 Å². The lowest BCUT2D eigenvalue weighted by Crippen LogP contribution is -2.64. The highest BCUT2D eigenvalue weighted by molar-refractivity contribution is 6.11. The third-order valence-electron chi connectivity index (χ3n) is 7.72. The van der Waals surface area contributed by atoms with E-state index in [-0.39, 0.29) is 30.3 Å². The Morgan fingerprint density at radius 1 is 1.13 bits per heavy atom. The summed E-state index contributed by atoms with van der Waals surface area (Å²) in [6.45, 7) is 4.24. The van der Waals surface area contributed by atoms with Crippen molar-refractivity contribution in [1.29, 1.82) is 0 Å². The van der Waals surface area contributed by atoms with Crippen LogP contribution in [0.15, 0.2) is 24.3 Å². The van der Waals surface area contributed by atoms with Gasteiger partial charge in [0.1, 0.15) is 12.2 Å². The molecular weight excluding hydrogens is 392 g/mol. The van der Waals surface area contributed by atoms with Gasteiger partial charge in [0.15, 0.2) is 0 Å². The summed E-state index contributed by atoms with van der Waals surface area (Å²) < 4.78 is 0. The Balaban J connectivity index is 1.28. The minimum atomic E-state index is -0.786. The Hall–Kier alpha value is -2.41. The molecule has 166 valence electrons. The van der Waals surface area contributed by atoms with Crippen LogP contribution in [0.2, 0.25) is 0 Å². The van der Waals surface area contributed by atoms with Gasteiger partial charge in [-0.3, -0.25) is 19.3 Å². The van der Waals surface area contributed by atoms with E-state index in [1.165, 1.54) is 32.4 Å². The van der Waals surface area contributed by atoms with E-state index in [0.29, 0.717) is 30.1 Å². The van der Waals surface area contributed by atoms with Crippen LogP contribution in [0.5, 0.6) is 0 Å². The Morgan fingerprint density at radius 2 is 1.90 bits per heavy atom. The summed E-state index contributed by atoms with van der Waals surface area (Å²) in [5.41, 5.74) is 0.370. The van der Waals surface area contributed by atoms with E-state index in [9.17, 15) is 14.4 Å². The molecule has 1 saturated carbocycles. The van der Waals surface area contributed by atoms with E-state index in [1.807, 2.05) is 19.1 Å². The number of amides is 3. The molecule has 4 aliphatic rings. The van der Waals surface area contributed by atoms with Crippen LogP contribution < -0.4 is 10.2 Å². The Morgan fingerprint density at radius 3 is 2.71 bits per heavy atom. The van der Waals surface area contributed by atoms with Crippen molar-refractivity contribution < 1.29 is 14.4 Å². The number of fused-ring (bicyclic) bond motifs is 3. The van der Waals surface area contributed by atoms with Crippen LogP contribution in [0.4, 0.5) is 5.69 Å². The summed E-state index contributed by atoms with van der Waals surface area (Å²) in [6, 6.07) is 7.95. The van der Waals surface area contributed by atoms with Gasteiger partial charge in [-0.25, -0.2) is 0 Å². The fourth-order valence-corrected chi connectivity index (χ4v) is 6.06. The van der Waals surface area contributed by atoms with Crippen molar-refractivity contribution in [3.8, 4) is 0 Å². The standard InChI is InChI=1S/C24H32N4O3/c1-24-12-11-22(30)28(24)20-8-4-3-7-19(20)23(31)27(24)16-21(29)25-17-9-10-18(15-17)26-13-5-2-6-14-26/h3-4,7-8,17-18H,2,5-6,9-16H2,1H3,(H,25,29)/t17-,18+,24+/m0/s1. The lowest BCUT2D eigenvalue weighted by Gasteiger charge is -2.48. The van der Waals surface area contributed by atoms with Gasteiger partial charge >= 0.3 is 0 Å². The van der Waals surface area contributed by atoms with Gasteiger partial charge in [-0.2, -0.15) is 0 Å². The fraction of sp³-hybridized carbons (Fsp3) is 0.625. The van der Waals surface area contributed by atoms with Gasteiger partial charge in [0.25, 0.3) is 5.91 Å². The van der Waals surface area contributed by atoms with Crippen molar-refractivity contribution in [3.05, 3.63) is 29.8 Å². The predicted octanol–water partition coefficient (Wildman–Crippen LogP) is 2.51. The van der Waals surface area contributed by atoms with Crippen molar-refractivity contribution in [1.82, 2.24) is 15.1 Å². The largest absolute Gasteiger partial charge is 0.352 e. The number of anilines is 1. The molecule has 0 spiro atoms. The number of para-hydroxylation sites is 1. The van der Waals surface area contributed by atoms with Gasteiger partial charge in [0.05, 0.1) is 11.3 Å². The average Bonchev–Trinajstić information content (AvgIpc) is 3.36. The van der Waals surface area contributed by atoms with Crippen LogP contribution in [-0.2, 0) is 9.59 Å². The third-order valence-corrected chi connectivity index (χ3v) is 7.72. The number of hydrogen-bond donors (Lipinski definition) is 1. The summed E-state index contributed by atoms with van der Waals surface area (Å²) in [6.07, 6.45) is 7.92. The van der Waals surface area contributed by atoms with Gasteiger partial charge in [-0.15, -0.1) is 0 Å². The molecule has 1 N–H and O–H groups in total. The van der Waals surface area contributed by atoms with Crippen molar-refractivity contribution in [2.45, 2.75) is 76.0 Å². The maximum atomic E-state index is 13.3. The first kappa shape index (κ1) is 20.5. The van der Waals surface area contributed by atoms with Crippen molar-refractivity contribution in [2.24, 2.45) is 0 Å². The van der Waals surface area contributed by atoms with Gasteiger partial charge < -0.3 is 15.1 Å². The molecule has 3 aliphatic heterocycles. The number of likely N-dealkylation sites (tertiary alicyclic amines) is 1. The maximum absolute atomic E-state index is 13.3. The second-order valence-electron chi connectivity index (χ2n) is 9.68. The molecule has 31 heavy (non-hydrogen) atoms. The number of carbonyl (C=O) groups excluding carboxylic acids is 3. The summed E-state index contributed by atoms with van der Waals surface area (Å²) in [4.78, 5) is 44.9. The summed E-state index contributed by atoms with van der Waals surface area (Å²) in [7, 11) is 0. The second-order valence-corrected chi connectivity index (χ2v) is 9.68. The Kier molecular flexibility index (Phi) is 5.24. The average molecular weight is 425 g/mol. The first-order valence-electron chi connectivity index (χ1n) is 11.7. The molecule has 1 aromatic rings. The Bertz CT molecular complexity index is 897. The smallest absolute Gasteiger partial charge is 0.258 e. The molecule has 5 rings (SSSR count). The quantitative estimate of drug-likeness (QED) is 0.806. The van der Waals surface area contributed by atoms with Crippen LogP contribution in [-0.4, -0.2) is 64.9 Å². The predicted molar refractivity (Wildman–Crippen MR) is 118 cm³/mol. The van der Waals surface area contributed by atoms with Crippen molar-refractivity contribution in [2.75, 3.05) is 24.5 Å². The SMILES string of the molecule is C[C@]12CCC(=O)N1c1ccccc1C(=O)N2CC(=O)N[C@H]1CC[C@@H](N2CCCCC2)C1. The summed E-state index contributed by atoms with van der Waals surface area (Å²) in [5, 5.41) is 3.19. The van der Waals surface area contributed by atoms with E-state index in [1.54, 1.807) is 21.9 Å². The zero-order valence-electron chi connectivity index (χ0n) is 18.3. The van der Waals surface area contributed by atoms with Crippen LogP contribution in [0.1, 0.15) is 68.6 Å². The molecule has 3 heterocycles. The molecule has 2 saturated heterocycles. The van der Waals surface area contributed by atoms with Gasteiger partial charge in [0.2, 0.25) is 11.8 Å². The van der Waals surface area contributed by atoms with Gasteiger partial charge in [-0.1, -0.05) is 18.6 Å². The Labute approximate surface area is 183 Å². The minimum Gasteiger partial charge on any atom is -0.352 e. The second kappa shape index (κ2) is 7.93. The van der Waals surface area contributed by atoms with Crippen LogP contribution >= 0.6 is 0 Å². The van der Waals surface area contributed by atoms with Crippen molar-refractivity contribution in [3.63, 3.8) is 0 Å². The molecule has 0 radical (unpaired) electrons. The number of nitrogens with zero attached hydrogens (tertiary/aromatic N) is 3. The molecule has 0 bridgehead atoms. The van der Waals surface area contributed by atoms with Crippen LogP contribution in [0.25, 0.3) is 0 Å². The highest BCUT2D eigenvalue weighted by atomic mass is 16.2. The number of benzene rings is 1. The molecule has 1 aromatic carbocycles. The monoisotopic (exact) mass is 424 g/mol. The molecule has 1 aliphatic carbocycles. The normalized spacial score (nSPS) is 31.0. The van der Waals surface area contributed by atoms with Crippen LogP contribution in [0, 0.1) is 0 Å². The highest BCUT2D eigenvalue weighted by Gasteiger charge is 2.53. The molecule has 7 nitrogen and oxygen atoms in total. The van der Waals surface area contributed by atoms with E-state index in [4.69, 9.17) is 0 Å². The number of rotatable bonds is 4. The minimum absolute atomic E-state index is 0.00743. The first-order chi connectivity index (χ1) is 15.0. The lowest BCUT2D eigenvalue weighted by molar-refractivity contribution is -0.124. The molecule has 0 unspecified atom stereocenters. The molecule has 3 amide bonds. The topological polar surface area (TPSA) is 73.0 Å². The molecule has 7 heteroatoms. The third kappa shape index (κ3) is 3.53. The molecule has 0 aromatic heterocycles. The summed E-state index contributed by atoms with van der Waals surface area (Å²) >= 11 is 0. The van der Waals surface area contributed by atoms with E-state index in [0.717, 1.165) is 19.3 Å². The highest BCUT2D eigenvalue weighted by Crippen LogP contribution is 2.43. The number of piperidine rings is 1. The number of hydrogen-bond acceptors (Lipinski definition) is 4. The first-order valence-corrected chi connectivity index (χ1v) is 11.7. The van der Waals surface area contributed by atoms with E-state index < -0.39 is 5.66 Å². The van der Waals surface area contributed by atoms with E-state index >= 15 is 0 Å². The van der Waals surface area contributed by atoms with Crippen molar-refractivity contribution >= 4 is 23.4 Å². The van der Waals surface area contributed by atoms with Gasteiger partial charge in [-0.05, 0) is 70.7 Å².